The molecule has 0 saturated carbocycles. The Morgan fingerprint density at radius 3 is 2.34 bits per heavy atom. The fourth-order valence-electron chi connectivity index (χ4n) is 3.96. The summed E-state index contributed by atoms with van der Waals surface area (Å²) in [6, 6.07) is 11.2. The number of likely N-dealkylation sites (tertiary alicyclic amines) is 1. The normalized spacial score (nSPS) is 20.2. The Hall–Kier alpha value is -1.12. The molecule has 1 atom stereocenters. The molecule has 1 aromatic carbocycles. The number of rotatable bonds is 5. The first-order chi connectivity index (χ1) is 13.7. The van der Waals surface area contributed by atoms with Gasteiger partial charge in [-0.15, -0.1) is 24.0 Å². The number of nitrogens with one attached hydrogen (secondary N) is 1. The molecule has 162 valence electrons. The first kappa shape index (κ1) is 24.2. The van der Waals surface area contributed by atoms with Crippen LogP contribution in [0, 0.1) is 0 Å². The molecule has 1 unspecified atom stereocenters. The lowest BCUT2D eigenvalue weighted by atomic mass is 10.0. The van der Waals surface area contributed by atoms with Crippen molar-refractivity contribution in [2.45, 2.75) is 32.7 Å². The fraction of sp³-hybridized carbons (Fsp3) is 0.609. The van der Waals surface area contributed by atoms with E-state index in [0.717, 1.165) is 71.2 Å². The molecule has 3 rings (SSSR count). The predicted molar refractivity (Wildman–Crippen MR) is 135 cm³/mol. The number of hydrogen-bond acceptors (Lipinski definition) is 3. The third-order valence-electron chi connectivity index (χ3n) is 5.88. The molecule has 5 nitrogen and oxygen atoms in total. The second-order valence-electron chi connectivity index (χ2n) is 8.08. The first-order valence-corrected chi connectivity index (χ1v) is 10.9. The Morgan fingerprint density at radius 1 is 1.07 bits per heavy atom. The van der Waals surface area contributed by atoms with E-state index in [4.69, 9.17) is 4.99 Å². The molecule has 0 aliphatic carbocycles. The number of nitrogens with zero attached hydrogens (tertiary/aromatic N) is 4. The average molecular weight is 511 g/mol. The summed E-state index contributed by atoms with van der Waals surface area (Å²) in [7, 11) is 2.21. The Kier molecular flexibility index (Phi) is 10.4. The lowest BCUT2D eigenvalue weighted by molar-refractivity contribution is 0.122. The molecule has 0 spiro atoms. The largest absolute Gasteiger partial charge is 0.357 e. The number of benzene rings is 1. The van der Waals surface area contributed by atoms with Crippen LogP contribution in [0.5, 0.6) is 0 Å². The summed E-state index contributed by atoms with van der Waals surface area (Å²) < 4.78 is 0. The van der Waals surface area contributed by atoms with E-state index < -0.39 is 0 Å². The van der Waals surface area contributed by atoms with Gasteiger partial charge < -0.3 is 15.1 Å². The number of aliphatic imine (C=N–C) groups is 1. The Bertz CT molecular complexity index is 642. The van der Waals surface area contributed by atoms with Gasteiger partial charge in [-0.1, -0.05) is 42.0 Å². The molecule has 2 saturated heterocycles. The van der Waals surface area contributed by atoms with Crippen LogP contribution < -0.4 is 5.32 Å². The molecule has 2 aliphatic heterocycles. The number of halogens is 1. The summed E-state index contributed by atoms with van der Waals surface area (Å²) in [5, 5.41) is 3.51. The highest BCUT2D eigenvalue weighted by Crippen LogP contribution is 2.19. The molecule has 0 amide bonds. The van der Waals surface area contributed by atoms with Gasteiger partial charge in [0.15, 0.2) is 5.96 Å². The minimum Gasteiger partial charge on any atom is -0.357 e. The van der Waals surface area contributed by atoms with E-state index in [1.807, 2.05) is 0 Å². The summed E-state index contributed by atoms with van der Waals surface area (Å²) >= 11 is 0. The Labute approximate surface area is 194 Å². The maximum Gasteiger partial charge on any atom is 0.193 e. The van der Waals surface area contributed by atoms with Crippen molar-refractivity contribution in [3.63, 3.8) is 0 Å². The summed E-state index contributed by atoms with van der Waals surface area (Å²) in [6.07, 6.45) is 4.59. The molecule has 0 radical (unpaired) electrons. The maximum atomic E-state index is 5.00. The van der Waals surface area contributed by atoms with E-state index in [1.54, 1.807) is 5.57 Å². The van der Waals surface area contributed by atoms with Crippen LogP contribution in [0.3, 0.4) is 0 Å². The SMILES string of the molecule is CCNC(=NCC(C)N1CCN(C)CC1)N1CCC(=Cc2ccccc2)CC1.I. The number of guanidine groups is 1. The second-order valence-corrected chi connectivity index (χ2v) is 8.08. The Morgan fingerprint density at radius 2 is 1.72 bits per heavy atom. The van der Waals surface area contributed by atoms with Crippen molar-refractivity contribution in [2.24, 2.45) is 4.99 Å². The molecule has 1 N–H and O–H groups in total. The fourth-order valence-corrected chi connectivity index (χ4v) is 3.96. The van der Waals surface area contributed by atoms with Crippen LogP contribution in [-0.2, 0) is 0 Å². The van der Waals surface area contributed by atoms with E-state index in [9.17, 15) is 0 Å². The van der Waals surface area contributed by atoms with Crippen LogP contribution in [-0.4, -0.2) is 86.1 Å². The number of likely N-dealkylation sites (N-methyl/N-ethyl adjacent to an activating group) is 1. The quantitative estimate of drug-likeness (QED) is 0.374. The molecule has 2 heterocycles. The summed E-state index contributed by atoms with van der Waals surface area (Å²) in [4.78, 5) is 12.4. The second kappa shape index (κ2) is 12.5. The summed E-state index contributed by atoms with van der Waals surface area (Å²) in [6.45, 7) is 13.0. The average Bonchev–Trinajstić information content (AvgIpc) is 2.73. The van der Waals surface area contributed by atoms with Crippen molar-refractivity contribution in [3.05, 3.63) is 41.5 Å². The van der Waals surface area contributed by atoms with Crippen molar-refractivity contribution in [3.8, 4) is 0 Å². The highest BCUT2D eigenvalue weighted by Gasteiger charge is 2.20. The van der Waals surface area contributed by atoms with Crippen molar-refractivity contribution >= 4 is 36.0 Å². The van der Waals surface area contributed by atoms with Crippen molar-refractivity contribution in [1.82, 2.24) is 20.0 Å². The van der Waals surface area contributed by atoms with Gasteiger partial charge in [0.2, 0.25) is 0 Å². The molecule has 0 aromatic heterocycles. The molecular formula is C23H38IN5. The smallest absolute Gasteiger partial charge is 0.193 e. The monoisotopic (exact) mass is 511 g/mol. The van der Waals surface area contributed by atoms with Gasteiger partial charge in [-0.05, 0) is 39.3 Å². The third kappa shape index (κ3) is 7.57. The van der Waals surface area contributed by atoms with Crippen molar-refractivity contribution in [2.75, 3.05) is 59.4 Å². The van der Waals surface area contributed by atoms with E-state index in [-0.39, 0.29) is 24.0 Å². The molecule has 2 aliphatic rings. The van der Waals surface area contributed by atoms with Gasteiger partial charge in [-0.25, -0.2) is 0 Å². The number of piperidine rings is 1. The van der Waals surface area contributed by atoms with Gasteiger partial charge in [0, 0.05) is 51.9 Å². The van der Waals surface area contributed by atoms with E-state index in [0.29, 0.717) is 6.04 Å². The topological polar surface area (TPSA) is 34.1 Å². The molecule has 6 heteroatoms. The van der Waals surface area contributed by atoms with Crippen molar-refractivity contribution < 1.29 is 0 Å². The highest BCUT2D eigenvalue weighted by atomic mass is 127. The predicted octanol–water partition coefficient (Wildman–Crippen LogP) is 3.39. The van der Waals surface area contributed by atoms with Gasteiger partial charge >= 0.3 is 0 Å². The molecular weight excluding hydrogens is 473 g/mol. The van der Waals surface area contributed by atoms with Gasteiger partial charge in [-0.3, -0.25) is 9.89 Å². The lowest BCUT2D eigenvalue weighted by Crippen LogP contribution is -2.49. The number of piperazine rings is 1. The van der Waals surface area contributed by atoms with Crippen LogP contribution in [0.1, 0.15) is 32.3 Å². The zero-order chi connectivity index (χ0) is 19.8. The number of hydrogen-bond donors (Lipinski definition) is 1. The molecule has 2 fully saturated rings. The summed E-state index contributed by atoms with van der Waals surface area (Å²) in [5.41, 5.74) is 2.86. The van der Waals surface area contributed by atoms with Gasteiger partial charge in [0.1, 0.15) is 0 Å². The van der Waals surface area contributed by atoms with Crippen LogP contribution in [0.25, 0.3) is 6.08 Å². The molecule has 0 bridgehead atoms. The van der Waals surface area contributed by atoms with Gasteiger partial charge in [0.05, 0.1) is 6.54 Å². The first-order valence-electron chi connectivity index (χ1n) is 10.9. The zero-order valence-corrected chi connectivity index (χ0v) is 20.6. The minimum atomic E-state index is 0. The van der Waals surface area contributed by atoms with Crippen LogP contribution in [0.15, 0.2) is 40.9 Å². The van der Waals surface area contributed by atoms with E-state index in [2.05, 4.69) is 77.3 Å². The van der Waals surface area contributed by atoms with Crippen molar-refractivity contribution in [1.29, 1.82) is 0 Å². The van der Waals surface area contributed by atoms with Crippen LogP contribution in [0.2, 0.25) is 0 Å². The van der Waals surface area contributed by atoms with Crippen LogP contribution in [0.4, 0.5) is 0 Å². The standard InChI is InChI=1S/C23H37N5.HI/c1-4-24-23(25-19-20(2)27-16-14-26(3)15-17-27)28-12-10-22(11-13-28)18-21-8-6-5-7-9-21;/h5-9,18,20H,4,10-17,19H2,1-3H3,(H,24,25);1H. The van der Waals surface area contributed by atoms with E-state index >= 15 is 0 Å². The third-order valence-corrected chi connectivity index (χ3v) is 5.88. The van der Waals surface area contributed by atoms with Gasteiger partial charge in [0.25, 0.3) is 0 Å². The zero-order valence-electron chi connectivity index (χ0n) is 18.3. The molecule has 1 aromatic rings. The maximum absolute atomic E-state index is 5.00. The highest BCUT2D eigenvalue weighted by molar-refractivity contribution is 14.0. The van der Waals surface area contributed by atoms with Crippen LogP contribution >= 0.6 is 24.0 Å². The summed E-state index contributed by atoms with van der Waals surface area (Å²) in [5.74, 6) is 1.09. The minimum absolute atomic E-state index is 0. The Balaban J connectivity index is 0.00000300. The van der Waals surface area contributed by atoms with Gasteiger partial charge in [-0.2, -0.15) is 0 Å². The lowest BCUT2D eigenvalue weighted by Gasteiger charge is -2.36. The molecule has 29 heavy (non-hydrogen) atoms. The van der Waals surface area contributed by atoms with E-state index in [1.165, 1.54) is 5.56 Å².